The summed E-state index contributed by atoms with van der Waals surface area (Å²) in [6, 6.07) is 17.9. The van der Waals surface area contributed by atoms with Crippen LogP contribution in [0.15, 0.2) is 60.8 Å². The van der Waals surface area contributed by atoms with E-state index in [9.17, 15) is 9.59 Å². The molecule has 0 radical (unpaired) electrons. The summed E-state index contributed by atoms with van der Waals surface area (Å²) >= 11 is 0. The third-order valence-electron chi connectivity index (χ3n) is 4.34. The molecule has 5 nitrogen and oxygen atoms in total. The van der Waals surface area contributed by atoms with Crippen LogP contribution in [0.3, 0.4) is 0 Å². The average Bonchev–Trinajstić information content (AvgIpc) is 3.04. The highest BCUT2D eigenvalue weighted by Gasteiger charge is 2.16. The van der Waals surface area contributed by atoms with Gasteiger partial charge in [-0.05, 0) is 17.2 Å². The number of nitrogens with one attached hydrogen (secondary N) is 2. The zero-order chi connectivity index (χ0) is 18.4. The summed E-state index contributed by atoms with van der Waals surface area (Å²) in [7, 11) is 0. The molecule has 1 heterocycles. The number of benzene rings is 2. The molecule has 0 saturated heterocycles. The van der Waals surface area contributed by atoms with E-state index in [4.69, 9.17) is 0 Å². The standard InChI is InChI=1S/C21H23N3O2/c1-16(25)22-11-12-24(15-17-7-3-2-4-8-17)21(26)13-18-14-23-20-10-6-5-9-19(18)20/h2-10,14,23H,11-13,15H2,1H3,(H,22,25). The Morgan fingerprint density at radius 2 is 1.77 bits per heavy atom. The first-order valence-electron chi connectivity index (χ1n) is 8.74. The van der Waals surface area contributed by atoms with Gasteiger partial charge in [0, 0.05) is 43.7 Å². The van der Waals surface area contributed by atoms with E-state index in [1.54, 1.807) is 4.90 Å². The van der Waals surface area contributed by atoms with Gasteiger partial charge in [0.05, 0.1) is 6.42 Å². The van der Waals surface area contributed by atoms with Gasteiger partial charge in [0.1, 0.15) is 0 Å². The molecule has 2 amide bonds. The number of aromatic amines is 1. The second-order valence-electron chi connectivity index (χ2n) is 6.32. The number of H-pyrrole nitrogens is 1. The minimum Gasteiger partial charge on any atom is -0.361 e. The minimum atomic E-state index is -0.0891. The topological polar surface area (TPSA) is 65.2 Å². The second-order valence-corrected chi connectivity index (χ2v) is 6.32. The first-order chi connectivity index (χ1) is 12.6. The van der Waals surface area contributed by atoms with Crippen LogP contribution >= 0.6 is 0 Å². The SMILES string of the molecule is CC(=O)NCCN(Cc1ccccc1)C(=O)Cc1c[nH]c2ccccc12. The van der Waals surface area contributed by atoms with Crippen LogP contribution in [0.2, 0.25) is 0 Å². The van der Waals surface area contributed by atoms with Gasteiger partial charge in [-0.15, -0.1) is 0 Å². The fourth-order valence-electron chi connectivity index (χ4n) is 3.02. The molecule has 0 saturated carbocycles. The number of amides is 2. The zero-order valence-electron chi connectivity index (χ0n) is 14.9. The average molecular weight is 349 g/mol. The van der Waals surface area contributed by atoms with Crippen LogP contribution in [0.5, 0.6) is 0 Å². The second kappa shape index (κ2) is 8.34. The molecule has 3 aromatic rings. The number of hydrogen-bond donors (Lipinski definition) is 2. The molecule has 0 fully saturated rings. The lowest BCUT2D eigenvalue weighted by Gasteiger charge is -2.23. The number of rotatable bonds is 7. The highest BCUT2D eigenvalue weighted by molar-refractivity contribution is 5.88. The first kappa shape index (κ1) is 17.7. The number of aromatic nitrogens is 1. The number of fused-ring (bicyclic) bond motifs is 1. The van der Waals surface area contributed by atoms with Crippen LogP contribution in [0.4, 0.5) is 0 Å². The maximum atomic E-state index is 12.9. The van der Waals surface area contributed by atoms with Gasteiger partial charge in [-0.3, -0.25) is 9.59 Å². The van der Waals surface area contributed by atoms with Crippen molar-refractivity contribution in [3.05, 3.63) is 71.9 Å². The van der Waals surface area contributed by atoms with Crippen LogP contribution in [0, 0.1) is 0 Å². The predicted octanol–water partition coefficient (Wildman–Crippen LogP) is 2.88. The Labute approximate surface area is 153 Å². The van der Waals surface area contributed by atoms with Crippen molar-refractivity contribution >= 4 is 22.7 Å². The zero-order valence-corrected chi connectivity index (χ0v) is 14.9. The summed E-state index contributed by atoms with van der Waals surface area (Å²) in [5, 5.41) is 3.84. The molecule has 2 aromatic carbocycles. The van der Waals surface area contributed by atoms with Crippen molar-refractivity contribution in [1.29, 1.82) is 0 Å². The molecule has 26 heavy (non-hydrogen) atoms. The van der Waals surface area contributed by atoms with E-state index in [0.717, 1.165) is 22.0 Å². The van der Waals surface area contributed by atoms with Gasteiger partial charge in [0.2, 0.25) is 11.8 Å². The number of carbonyl (C=O) groups excluding carboxylic acids is 2. The summed E-state index contributed by atoms with van der Waals surface area (Å²) in [6.45, 7) is 2.94. The summed E-state index contributed by atoms with van der Waals surface area (Å²) in [5.41, 5.74) is 3.09. The maximum absolute atomic E-state index is 12.9. The molecular weight excluding hydrogens is 326 g/mol. The highest BCUT2D eigenvalue weighted by Crippen LogP contribution is 2.19. The largest absolute Gasteiger partial charge is 0.361 e. The van der Waals surface area contributed by atoms with Gasteiger partial charge in [-0.1, -0.05) is 48.5 Å². The smallest absolute Gasteiger partial charge is 0.227 e. The van der Waals surface area contributed by atoms with E-state index in [-0.39, 0.29) is 11.8 Å². The van der Waals surface area contributed by atoms with E-state index in [1.807, 2.05) is 60.8 Å². The number of hydrogen-bond acceptors (Lipinski definition) is 2. The van der Waals surface area contributed by atoms with Gasteiger partial charge in [-0.25, -0.2) is 0 Å². The van der Waals surface area contributed by atoms with E-state index in [1.165, 1.54) is 6.92 Å². The maximum Gasteiger partial charge on any atom is 0.227 e. The summed E-state index contributed by atoms with van der Waals surface area (Å²) in [4.78, 5) is 29.1. The lowest BCUT2D eigenvalue weighted by atomic mass is 10.1. The molecule has 0 aliphatic rings. The third-order valence-corrected chi connectivity index (χ3v) is 4.34. The lowest BCUT2D eigenvalue weighted by molar-refractivity contribution is -0.131. The monoisotopic (exact) mass is 349 g/mol. The molecule has 0 atom stereocenters. The van der Waals surface area contributed by atoms with Gasteiger partial charge in [0.15, 0.2) is 0 Å². The van der Waals surface area contributed by atoms with Crippen molar-refractivity contribution in [3.63, 3.8) is 0 Å². The fourth-order valence-corrected chi connectivity index (χ4v) is 3.02. The van der Waals surface area contributed by atoms with Gasteiger partial charge in [0.25, 0.3) is 0 Å². The number of para-hydroxylation sites is 1. The lowest BCUT2D eigenvalue weighted by Crippen LogP contribution is -2.38. The Morgan fingerprint density at radius 3 is 2.54 bits per heavy atom. The molecule has 3 rings (SSSR count). The van der Waals surface area contributed by atoms with Crippen molar-refractivity contribution in [2.75, 3.05) is 13.1 Å². The predicted molar refractivity (Wildman–Crippen MR) is 103 cm³/mol. The van der Waals surface area contributed by atoms with Crippen LogP contribution < -0.4 is 5.32 Å². The molecule has 134 valence electrons. The van der Waals surface area contributed by atoms with Crippen molar-refractivity contribution in [3.8, 4) is 0 Å². The van der Waals surface area contributed by atoms with Gasteiger partial charge in [-0.2, -0.15) is 0 Å². The van der Waals surface area contributed by atoms with Crippen molar-refractivity contribution < 1.29 is 9.59 Å². The van der Waals surface area contributed by atoms with E-state index in [2.05, 4.69) is 10.3 Å². The number of nitrogens with zero attached hydrogens (tertiary/aromatic N) is 1. The van der Waals surface area contributed by atoms with Crippen molar-refractivity contribution in [2.45, 2.75) is 19.9 Å². The molecule has 0 aliphatic heterocycles. The van der Waals surface area contributed by atoms with E-state index < -0.39 is 0 Å². The quantitative estimate of drug-likeness (QED) is 0.689. The molecule has 0 spiro atoms. The Hall–Kier alpha value is -3.08. The molecule has 5 heteroatoms. The molecule has 0 unspecified atom stereocenters. The van der Waals surface area contributed by atoms with E-state index in [0.29, 0.717) is 26.1 Å². The Bertz CT molecular complexity index is 886. The van der Waals surface area contributed by atoms with Crippen LogP contribution in [-0.2, 0) is 22.6 Å². The van der Waals surface area contributed by atoms with Gasteiger partial charge >= 0.3 is 0 Å². The fraction of sp³-hybridized carbons (Fsp3) is 0.238. The summed E-state index contributed by atoms with van der Waals surface area (Å²) < 4.78 is 0. The van der Waals surface area contributed by atoms with Crippen LogP contribution in [-0.4, -0.2) is 34.8 Å². The molecule has 0 bridgehead atoms. The van der Waals surface area contributed by atoms with Crippen LogP contribution in [0.1, 0.15) is 18.1 Å². The summed E-state index contributed by atoms with van der Waals surface area (Å²) in [5.74, 6) is -0.0438. The highest BCUT2D eigenvalue weighted by atomic mass is 16.2. The van der Waals surface area contributed by atoms with Crippen molar-refractivity contribution in [1.82, 2.24) is 15.2 Å². The van der Waals surface area contributed by atoms with Crippen LogP contribution in [0.25, 0.3) is 10.9 Å². The molecule has 2 N–H and O–H groups in total. The van der Waals surface area contributed by atoms with Gasteiger partial charge < -0.3 is 15.2 Å². The Morgan fingerprint density at radius 1 is 1.04 bits per heavy atom. The summed E-state index contributed by atoms with van der Waals surface area (Å²) in [6.07, 6.45) is 2.23. The molecule has 0 aliphatic carbocycles. The Balaban J connectivity index is 1.73. The Kier molecular flexibility index (Phi) is 5.69. The molecular formula is C21H23N3O2. The molecule has 1 aromatic heterocycles. The minimum absolute atomic E-state index is 0.0453. The van der Waals surface area contributed by atoms with E-state index >= 15 is 0 Å². The normalized spacial score (nSPS) is 10.7. The van der Waals surface area contributed by atoms with Crippen molar-refractivity contribution in [2.24, 2.45) is 0 Å². The number of carbonyl (C=O) groups is 2. The first-order valence-corrected chi connectivity index (χ1v) is 8.74. The third kappa shape index (κ3) is 4.51.